The average Bonchev–Trinajstić information content (AvgIpc) is 3.23. The van der Waals surface area contributed by atoms with E-state index in [4.69, 9.17) is 0 Å². The molecule has 5 atom stereocenters. The lowest BCUT2D eigenvalue weighted by Gasteiger charge is -2.44. The van der Waals surface area contributed by atoms with E-state index in [0.717, 1.165) is 17.5 Å². The van der Waals surface area contributed by atoms with Crippen molar-refractivity contribution in [2.45, 2.75) is 31.2 Å². The van der Waals surface area contributed by atoms with Gasteiger partial charge in [0, 0.05) is 0 Å². The molecule has 0 spiro atoms. The Morgan fingerprint density at radius 2 is 1.79 bits per heavy atom. The van der Waals surface area contributed by atoms with E-state index in [1.165, 1.54) is 30.4 Å². The Hall–Kier alpha value is -2.29. The lowest BCUT2D eigenvalue weighted by molar-refractivity contribution is 0.0697. The zero-order valence-electron chi connectivity index (χ0n) is 13.5. The number of anilines is 1. The van der Waals surface area contributed by atoms with Crippen molar-refractivity contribution in [1.29, 1.82) is 0 Å². The number of hydrogen-bond acceptors (Lipinski definition) is 2. The van der Waals surface area contributed by atoms with Crippen LogP contribution >= 0.6 is 0 Å². The van der Waals surface area contributed by atoms with Crippen LogP contribution in [0.25, 0.3) is 0 Å². The minimum atomic E-state index is -0.840. The molecule has 24 heavy (non-hydrogen) atoms. The standard InChI is InChI=1S/C21H21NO2/c23-21(24)16-8-4-7-15-17-13-9-10-14(11-13)18(17)19(22-20(15)16)12-5-2-1-3-6-12/h1-8,13-14,17-19,22H,9-11H2,(H,23,24)/t13-,14+,17+,18+,19-/m0/s1. The highest BCUT2D eigenvalue weighted by Crippen LogP contribution is 2.63. The normalized spacial score (nSPS) is 32.8. The van der Waals surface area contributed by atoms with Crippen LogP contribution < -0.4 is 5.32 Å². The highest BCUT2D eigenvalue weighted by atomic mass is 16.4. The number of carboxylic acid groups (broad SMARTS) is 1. The molecule has 122 valence electrons. The summed E-state index contributed by atoms with van der Waals surface area (Å²) in [6, 6.07) is 16.6. The molecule has 2 saturated carbocycles. The number of carbonyl (C=O) groups is 1. The van der Waals surface area contributed by atoms with E-state index in [9.17, 15) is 9.90 Å². The third-order valence-corrected chi connectivity index (χ3v) is 6.51. The minimum Gasteiger partial charge on any atom is -0.478 e. The largest absolute Gasteiger partial charge is 0.478 e. The maximum atomic E-state index is 11.7. The molecule has 1 heterocycles. The van der Waals surface area contributed by atoms with Gasteiger partial charge >= 0.3 is 5.97 Å². The molecule has 3 heteroatoms. The van der Waals surface area contributed by atoms with E-state index in [-0.39, 0.29) is 6.04 Å². The highest BCUT2D eigenvalue weighted by Gasteiger charge is 2.54. The number of aromatic carboxylic acids is 1. The first kappa shape index (κ1) is 14.1. The third-order valence-electron chi connectivity index (χ3n) is 6.51. The smallest absolute Gasteiger partial charge is 0.337 e. The maximum absolute atomic E-state index is 11.7. The van der Waals surface area contributed by atoms with Crippen molar-refractivity contribution in [3.05, 3.63) is 65.2 Å². The van der Waals surface area contributed by atoms with Crippen molar-refractivity contribution in [1.82, 2.24) is 0 Å². The molecule has 0 saturated heterocycles. The number of carboxylic acids is 1. The summed E-state index contributed by atoms with van der Waals surface area (Å²) in [5, 5.41) is 13.3. The fourth-order valence-electron chi connectivity index (χ4n) is 5.68. The molecule has 2 N–H and O–H groups in total. The summed E-state index contributed by atoms with van der Waals surface area (Å²) in [7, 11) is 0. The average molecular weight is 319 g/mol. The molecule has 0 amide bonds. The van der Waals surface area contributed by atoms with Crippen LogP contribution in [0.2, 0.25) is 0 Å². The quantitative estimate of drug-likeness (QED) is 0.845. The summed E-state index contributed by atoms with van der Waals surface area (Å²) in [6.45, 7) is 0. The molecule has 3 nitrogen and oxygen atoms in total. The van der Waals surface area contributed by atoms with Crippen LogP contribution in [0.15, 0.2) is 48.5 Å². The Kier molecular flexibility index (Phi) is 2.99. The number of rotatable bonds is 2. The van der Waals surface area contributed by atoms with Crippen LogP contribution in [-0.2, 0) is 0 Å². The molecule has 5 rings (SSSR count). The van der Waals surface area contributed by atoms with E-state index in [2.05, 4.69) is 35.6 Å². The molecule has 2 bridgehead atoms. The van der Waals surface area contributed by atoms with Crippen molar-refractivity contribution in [3.63, 3.8) is 0 Å². The number of para-hydroxylation sites is 1. The van der Waals surface area contributed by atoms with Crippen molar-refractivity contribution in [2.75, 3.05) is 5.32 Å². The topological polar surface area (TPSA) is 49.3 Å². The fourth-order valence-corrected chi connectivity index (χ4v) is 5.68. The molecule has 2 fully saturated rings. The summed E-state index contributed by atoms with van der Waals surface area (Å²) in [6.07, 6.45) is 3.92. The number of nitrogens with one attached hydrogen (secondary N) is 1. The summed E-state index contributed by atoms with van der Waals surface area (Å²) in [5.41, 5.74) is 3.78. The van der Waals surface area contributed by atoms with Gasteiger partial charge in [0.05, 0.1) is 17.3 Å². The van der Waals surface area contributed by atoms with E-state index in [1.807, 2.05) is 12.1 Å². The van der Waals surface area contributed by atoms with Crippen LogP contribution in [0.4, 0.5) is 5.69 Å². The van der Waals surface area contributed by atoms with Gasteiger partial charge in [-0.3, -0.25) is 0 Å². The number of hydrogen-bond donors (Lipinski definition) is 2. The third kappa shape index (κ3) is 1.87. The first-order chi connectivity index (χ1) is 11.7. The summed E-state index contributed by atoms with van der Waals surface area (Å²) >= 11 is 0. The zero-order chi connectivity index (χ0) is 16.3. The van der Waals surface area contributed by atoms with Crippen molar-refractivity contribution in [3.8, 4) is 0 Å². The summed E-state index contributed by atoms with van der Waals surface area (Å²) in [4.78, 5) is 11.7. The van der Waals surface area contributed by atoms with Gasteiger partial charge in [-0.05, 0) is 60.1 Å². The second-order valence-corrected chi connectivity index (χ2v) is 7.54. The van der Waals surface area contributed by atoms with Gasteiger partial charge in [-0.1, -0.05) is 42.5 Å². The van der Waals surface area contributed by atoms with Gasteiger partial charge < -0.3 is 10.4 Å². The van der Waals surface area contributed by atoms with E-state index >= 15 is 0 Å². The van der Waals surface area contributed by atoms with Crippen LogP contribution in [0, 0.1) is 17.8 Å². The van der Waals surface area contributed by atoms with Crippen molar-refractivity contribution in [2.24, 2.45) is 17.8 Å². The predicted molar refractivity (Wildman–Crippen MR) is 93.3 cm³/mol. The van der Waals surface area contributed by atoms with Gasteiger partial charge in [-0.2, -0.15) is 0 Å². The number of fused-ring (bicyclic) bond motifs is 7. The van der Waals surface area contributed by atoms with Crippen molar-refractivity contribution >= 4 is 11.7 Å². The summed E-state index contributed by atoms with van der Waals surface area (Å²) < 4.78 is 0. The molecular weight excluding hydrogens is 298 g/mol. The minimum absolute atomic E-state index is 0.222. The van der Waals surface area contributed by atoms with Crippen molar-refractivity contribution < 1.29 is 9.90 Å². The van der Waals surface area contributed by atoms with Gasteiger partial charge in [0.25, 0.3) is 0 Å². The van der Waals surface area contributed by atoms with E-state index in [0.29, 0.717) is 17.4 Å². The Morgan fingerprint density at radius 1 is 1.00 bits per heavy atom. The molecular formula is C21H21NO2. The fraction of sp³-hybridized carbons (Fsp3) is 0.381. The first-order valence-electron chi connectivity index (χ1n) is 8.91. The summed E-state index contributed by atoms with van der Waals surface area (Å²) in [5.74, 6) is 1.73. The lowest BCUT2D eigenvalue weighted by atomic mass is 9.67. The Bertz CT molecular complexity index is 801. The SMILES string of the molecule is O=C(O)c1cccc2c1N[C@@H](c1ccccc1)[C@@H]1[C@@H]3CC[C@@H](C3)[C@H]21. The Morgan fingerprint density at radius 3 is 2.58 bits per heavy atom. The lowest BCUT2D eigenvalue weighted by Crippen LogP contribution is -2.36. The molecule has 2 aromatic rings. The second-order valence-electron chi connectivity index (χ2n) is 7.54. The van der Waals surface area contributed by atoms with Gasteiger partial charge in [0.1, 0.15) is 0 Å². The molecule has 0 unspecified atom stereocenters. The Balaban J connectivity index is 1.69. The van der Waals surface area contributed by atoms with Gasteiger partial charge in [0.15, 0.2) is 0 Å². The van der Waals surface area contributed by atoms with Gasteiger partial charge in [-0.15, -0.1) is 0 Å². The molecule has 2 aromatic carbocycles. The maximum Gasteiger partial charge on any atom is 0.337 e. The molecule has 1 aliphatic heterocycles. The van der Waals surface area contributed by atoms with E-state index in [1.54, 1.807) is 6.07 Å². The number of benzene rings is 2. The molecule has 0 radical (unpaired) electrons. The molecule has 0 aromatic heterocycles. The van der Waals surface area contributed by atoms with Gasteiger partial charge in [0.2, 0.25) is 0 Å². The van der Waals surface area contributed by atoms with Crippen LogP contribution in [0.1, 0.15) is 52.7 Å². The highest BCUT2D eigenvalue weighted by molar-refractivity contribution is 5.95. The zero-order valence-corrected chi connectivity index (χ0v) is 13.5. The molecule has 3 aliphatic rings. The monoisotopic (exact) mass is 319 g/mol. The van der Waals surface area contributed by atoms with Crippen LogP contribution in [0.3, 0.4) is 0 Å². The van der Waals surface area contributed by atoms with Gasteiger partial charge in [-0.25, -0.2) is 4.79 Å². The van der Waals surface area contributed by atoms with Crippen LogP contribution in [0.5, 0.6) is 0 Å². The first-order valence-corrected chi connectivity index (χ1v) is 8.91. The van der Waals surface area contributed by atoms with Crippen LogP contribution in [-0.4, -0.2) is 11.1 Å². The van der Waals surface area contributed by atoms with E-state index < -0.39 is 5.97 Å². The Labute approximate surface area is 141 Å². The second kappa shape index (κ2) is 5.10. The predicted octanol–water partition coefficient (Wildman–Crippen LogP) is 4.68. The molecule has 2 aliphatic carbocycles.